The molecule has 0 atom stereocenters. The highest BCUT2D eigenvalue weighted by Gasteiger charge is 2.16. The van der Waals surface area contributed by atoms with Crippen LogP contribution in [0.3, 0.4) is 0 Å². The average Bonchev–Trinajstić information content (AvgIpc) is 2.41. The van der Waals surface area contributed by atoms with Crippen molar-refractivity contribution >= 4 is 39.2 Å². The molecule has 1 aromatic carbocycles. The number of hydrogen-bond acceptors (Lipinski definition) is 4. The molecule has 0 radical (unpaired) electrons. The Morgan fingerprint density at radius 3 is 2.50 bits per heavy atom. The quantitative estimate of drug-likeness (QED) is 0.810. The SMILES string of the molecule is CC(C)(C)OC(=O)Nc1ccc(Nc2ccccc2Br)cn1. The minimum atomic E-state index is -0.537. The van der Waals surface area contributed by atoms with Gasteiger partial charge in [-0.25, -0.2) is 9.78 Å². The first-order valence-corrected chi connectivity index (χ1v) is 7.60. The summed E-state index contributed by atoms with van der Waals surface area (Å²) in [5, 5.41) is 5.83. The first-order chi connectivity index (χ1) is 10.3. The molecule has 0 aliphatic carbocycles. The van der Waals surface area contributed by atoms with Crippen LogP contribution in [-0.2, 0) is 4.74 Å². The average molecular weight is 364 g/mol. The zero-order chi connectivity index (χ0) is 16.2. The Labute approximate surface area is 138 Å². The zero-order valence-corrected chi connectivity index (χ0v) is 14.3. The lowest BCUT2D eigenvalue weighted by molar-refractivity contribution is 0.0635. The summed E-state index contributed by atoms with van der Waals surface area (Å²) in [7, 11) is 0. The number of carbonyl (C=O) groups excluding carboxylic acids is 1. The maximum absolute atomic E-state index is 11.7. The van der Waals surface area contributed by atoms with Gasteiger partial charge in [-0.1, -0.05) is 12.1 Å². The summed E-state index contributed by atoms with van der Waals surface area (Å²) in [4.78, 5) is 15.8. The van der Waals surface area contributed by atoms with Gasteiger partial charge in [-0.3, -0.25) is 5.32 Å². The highest BCUT2D eigenvalue weighted by molar-refractivity contribution is 9.10. The summed E-state index contributed by atoms with van der Waals surface area (Å²) in [5.74, 6) is 0.437. The Morgan fingerprint density at radius 1 is 1.18 bits per heavy atom. The molecule has 0 spiro atoms. The van der Waals surface area contributed by atoms with Gasteiger partial charge in [0.1, 0.15) is 11.4 Å². The number of benzene rings is 1. The van der Waals surface area contributed by atoms with E-state index in [1.54, 1.807) is 12.3 Å². The summed E-state index contributed by atoms with van der Waals surface area (Å²) in [6.07, 6.45) is 1.12. The predicted octanol–water partition coefficient (Wildman–Crippen LogP) is 4.93. The monoisotopic (exact) mass is 363 g/mol. The van der Waals surface area contributed by atoms with Crippen LogP contribution in [0.1, 0.15) is 20.8 Å². The summed E-state index contributed by atoms with van der Waals surface area (Å²) in [6, 6.07) is 11.3. The third-order valence-electron chi connectivity index (χ3n) is 2.55. The number of pyridine rings is 1. The topological polar surface area (TPSA) is 63.2 Å². The molecule has 2 N–H and O–H groups in total. The van der Waals surface area contributed by atoms with Gasteiger partial charge >= 0.3 is 6.09 Å². The molecular weight excluding hydrogens is 346 g/mol. The molecular formula is C16H18BrN3O2. The van der Waals surface area contributed by atoms with E-state index in [1.165, 1.54) is 0 Å². The molecule has 0 aliphatic heterocycles. The molecule has 6 heteroatoms. The van der Waals surface area contributed by atoms with Crippen LogP contribution in [0.4, 0.5) is 22.0 Å². The minimum Gasteiger partial charge on any atom is -0.444 e. The van der Waals surface area contributed by atoms with E-state index in [0.717, 1.165) is 15.8 Å². The summed E-state index contributed by atoms with van der Waals surface area (Å²) in [5.41, 5.74) is 1.23. The van der Waals surface area contributed by atoms with Crippen LogP contribution in [0, 0.1) is 0 Å². The van der Waals surface area contributed by atoms with Crippen molar-refractivity contribution in [2.45, 2.75) is 26.4 Å². The van der Waals surface area contributed by atoms with Crippen LogP contribution in [0.25, 0.3) is 0 Å². The molecule has 0 fully saturated rings. The summed E-state index contributed by atoms with van der Waals surface area (Å²) in [6.45, 7) is 5.43. The van der Waals surface area contributed by atoms with Gasteiger partial charge in [-0.15, -0.1) is 0 Å². The van der Waals surface area contributed by atoms with Gasteiger partial charge in [0, 0.05) is 4.47 Å². The largest absolute Gasteiger partial charge is 0.444 e. The van der Waals surface area contributed by atoms with Crippen LogP contribution < -0.4 is 10.6 Å². The van der Waals surface area contributed by atoms with E-state index in [-0.39, 0.29) is 0 Å². The fourth-order valence-corrected chi connectivity index (χ4v) is 2.05. The van der Waals surface area contributed by atoms with Crippen molar-refractivity contribution in [3.63, 3.8) is 0 Å². The van der Waals surface area contributed by atoms with E-state index in [0.29, 0.717) is 5.82 Å². The van der Waals surface area contributed by atoms with Gasteiger partial charge in [0.15, 0.2) is 0 Å². The number of anilines is 3. The van der Waals surface area contributed by atoms with Crippen molar-refractivity contribution in [1.82, 2.24) is 4.98 Å². The van der Waals surface area contributed by atoms with Crippen LogP contribution in [0.15, 0.2) is 47.1 Å². The number of amides is 1. The van der Waals surface area contributed by atoms with Gasteiger partial charge < -0.3 is 10.1 Å². The van der Waals surface area contributed by atoms with Crippen LogP contribution in [0.2, 0.25) is 0 Å². The van der Waals surface area contributed by atoms with Crippen molar-refractivity contribution in [3.05, 3.63) is 47.1 Å². The number of aromatic nitrogens is 1. The number of halogens is 1. The Balaban J connectivity index is 1.99. The third-order valence-corrected chi connectivity index (χ3v) is 3.24. The van der Waals surface area contributed by atoms with Gasteiger partial charge in [0.2, 0.25) is 0 Å². The number of hydrogen-bond donors (Lipinski definition) is 2. The van der Waals surface area contributed by atoms with E-state index in [4.69, 9.17) is 4.74 Å². The van der Waals surface area contributed by atoms with Gasteiger partial charge in [-0.05, 0) is 61.0 Å². The number of nitrogens with zero attached hydrogens (tertiary/aromatic N) is 1. The van der Waals surface area contributed by atoms with E-state index in [1.807, 2.05) is 51.1 Å². The predicted molar refractivity (Wildman–Crippen MR) is 91.5 cm³/mol. The second-order valence-corrected chi connectivity index (χ2v) is 6.52. The Morgan fingerprint density at radius 2 is 1.91 bits per heavy atom. The third kappa shape index (κ3) is 5.04. The molecule has 22 heavy (non-hydrogen) atoms. The number of carbonyl (C=O) groups is 1. The lowest BCUT2D eigenvalue weighted by atomic mass is 10.2. The smallest absolute Gasteiger partial charge is 0.413 e. The fourth-order valence-electron chi connectivity index (χ4n) is 1.67. The molecule has 0 unspecified atom stereocenters. The highest BCUT2D eigenvalue weighted by atomic mass is 79.9. The standard InChI is InChI=1S/C16H18BrN3O2/c1-16(2,3)22-15(21)20-14-9-8-11(10-18-14)19-13-7-5-4-6-12(13)17/h4-10,19H,1-3H3,(H,18,20,21). The van der Waals surface area contributed by atoms with Gasteiger partial charge in [0.25, 0.3) is 0 Å². The minimum absolute atomic E-state index is 0.437. The van der Waals surface area contributed by atoms with Gasteiger partial charge in [0.05, 0.1) is 17.6 Å². The molecule has 1 heterocycles. The number of rotatable bonds is 3. The lowest BCUT2D eigenvalue weighted by Gasteiger charge is -2.19. The number of para-hydroxylation sites is 1. The highest BCUT2D eigenvalue weighted by Crippen LogP contribution is 2.25. The zero-order valence-electron chi connectivity index (χ0n) is 12.7. The van der Waals surface area contributed by atoms with E-state index < -0.39 is 11.7 Å². The Bertz CT molecular complexity index is 651. The van der Waals surface area contributed by atoms with Crippen molar-refractivity contribution < 1.29 is 9.53 Å². The molecule has 0 aliphatic rings. The van der Waals surface area contributed by atoms with Crippen molar-refractivity contribution in [1.29, 1.82) is 0 Å². The number of ether oxygens (including phenoxy) is 1. The van der Waals surface area contributed by atoms with E-state index in [2.05, 4.69) is 31.5 Å². The fraction of sp³-hybridized carbons (Fsp3) is 0.250. The maximum Gasteiger partial charge on any atom is 0.413 e. The molecule has 5 nitrogen and oxygen atoms in total. The van der Waals surface area contributed by atoms with E-state index >= 15 is 0 Å². The molecule has 0 bridgehead atoms. The van der Waals surface area contributed by atoms with Crippen LogP contribution >= 0.6 is 15.9 Å². The summed E-state index contributed by atoms with van der Waals surface area (Å²) >= 11 is 3.47. The second-order valence-electron chi connectivity index (χ2n) is 5.66. The van der Waals surface area contributed by atoms with Crippen LogP contribution in [0.5, 0.6) is 0 Å². The molecule has 1 aromatic heterocycles. The molecule has 0 saturated heterocycles. The molecule has 116 valence electrons. The van der Waals surface area contributed by atoms with Crippen molar-refractivity contribution in [2.75, 3.05) is 10.6 Å². The first-order valence-electron chi connectivity index (χ1n) is 6.81. The normalized spacial score (nSPS) is 10.9. The lowest BCUT2D eigenvalue weighted by Crippen LogP contribution is -2.27. The molecule has 2 rings (SSSR count). The first kappa shape index (κ1) is 16.3. The Kier molecular flexibility index (Phi) is 5.03. The number of nitrogens with one attached hydrogen (secondary N) is 2. The summed E-state index contributed by atoms with van der Waals surface area (Å²) < 4.78 is 6.14. The van der Waals surface area contributed by atoms with Crippen LogP contribution in [-0.4, -0.2) is 16.7 Å². The maximum atomic E-state index is 11.7. The van der Waals surface area contributed by atoms with Gasteiger partial charge in [-0.2, -0.15) is 0 Å². The molecule has 0 saturated carbocycles. The van der Waals surface area contributed by atoms with Crippen molar-refractivity contribution in [2.24, 2.45) is 0 Å². The van der Waals surface area contributed by atoms with E-state index in [9.17, 15) is 4.79 Å². The second kappa shape index (κ2) is 6.79. The van der Waals surface area contributed by atoms with Crippen molar-refractivity contribution in [3.8, 4) is 0 Å². The molecule has 1 amide bonds. The Hall–Kier alpha value is -2.08. The molecule has 2 aromatic rings.